The van der Waals surface area contributed by atoms with Crippen LogP contribution < -0.4 is 16.1 Å². The van der Waals surface area contributed by atoms with Crippen LogP contribution in [0.3, 0.4) is 0 Å². The van der Waals surface area contributed by atoms with Gasteiger partial charge in [-0.3, -0.25) is 0 Å². The summed E-state index contributed by atoms with van der Waals surface area (Å²) in [5.74, 6) is 0.520. The highest BCUT2D eigenvalue weighted by molar-refractivity contribution is 6.61. The highest BCUT2D eigenvalue weighted by Gasteiger charge is 2.52. The average Bonchev–Trinajstić information content (AvgIpc) is 2.78. The van der Waals surface area contributed by atoms with E-state index in [4.69, 9.17) is 19.8 Å². The molecule has 0 spiro atoms. The van der Waals surface area contributed by atoms with Gasteiger partial charge in [0.2, 0.25) is 0 Å². The Kier molecular flexibility index (Phi) is 4.47. The molecule has 1 aromatic carbocycles. The van der Waals surface area contributed by atoms with Gasteiger partial charge < -0.3 is 19.8 Å². The van der Waals surface area contributed by atoms with Crippen LogP contribution in [0.25, 0.3) is 0 Å². The molecule has 0 saturated carbocycles. The summed E-state index contributed by atoms with van der Waals surface area (Å²) in [4.78, 5) is 8.69. The van der Waals surface area contributed by atoms with E-state index in [9.17, 15) is 0 Å². The predicted molar refractivity (Wildman–Crippen MR) is 97.6 cm³/mol. The minimum atomic E-state index is -0.604. The molecule has 1 saturated heterocycles. The zero-order chi connectivity index (χ0) is 18.2. The third kappa shape index (κ3) is 3.48. The van der Waals surface area contributed by atoms with Gasteiger partial charge in [-0.25, -0.2) is 9.97 Å². The van der Waals surface area contributed by atoms with Crippen molar-refractivity contribution in [1.29, 1.82) is 0 Å². The van der Waals surface area contributed by atoms with Crippen LogP contribution in [0.4, 0.5) is 5.82 Å². The lowest BCUT2D eigenvalue weighted by Crippen LogP contribution is -2.41. The molecule has 1 aromatic heterocycles. The first kappa shape index (κ1) is 17.7. The monoisotopic (exact) mass is 341 g/mol. The Morgan fingerprint density at radius 3 is 2.28 bits per heavy atom. The number of ether oxygens (including phenoxy) is 1. The highest BCUT2D eigenvalue weighted by atomic mass is 16.7. The topological polar surface area (TPSA) is 79.5 Å². The van der Waals surface area contributed by atoms with E-state index in [0.29, 0.717) is 5.59 Å². The first-order valence-electron chi connectivity index (χ1n) is 8.39. The molecule has 0 radical (unpaired) electrons. The van der Waals surface area contributed by atoms with Gasteiger partial charge in [0.05, 0.1) is 16.8 Å². The van der Waals surface area contributed by atoms with Crippen LogP contribution in [0.5, 0.6) is 5.88 Å². The summed E-state index contributed by atoms with van der Waals surface area (Å²) in [7, 11) is -0.604. The van der Waals surface area contributed by atoms with Crippen LogP contribution in [-0.4, -0.2) is 28.3 Å². The fourth-order valence-electron chi connectivity index (χ4n) is 2.52. The Balaban J connectivity index is 1.82. The Morgan fingerprint density at radius 1 is 1.08 bits per heavy atom. The Hall–Kier alpha value is -2.12. The summed E-state index contributed by atoms with van der Waals surface area (Å²) >= 11 is 0. The van der Waals surface area contributed by atoms with Crippen LogP contribution in [0.15, 0.2) is 36.5 Å². The maximum absolute atomic E-state index is 6.01. The van der Waals surface area contributed by atoms with E-state index < -0.39 is 18.3 Å². The number of nitrogen functional groups attached to an aromatic ring is 1. The van der Waals surface area contributed by atoms with Gasteiger partial charge in [0.25, 0.3) is 5.88 Å². The van der Waals surface area contributed by atoms with Gasteiger partial charge >= 0.3 is 7.12 Å². The predicted octanol–water partition coefficient (Wildman–Crippen LogP) is 2.50. The summed E-state index contributed by atoms with van der Waals surface area (Å²) in [6.45, 7) is 9.91. The number of aromatic nitrogens is 2. The number of hydrogen-bond donors (Lipinski definition) is 1. The van der Waals surface area contributed by atoms with Crippen molar-refractivity contribution in [3.05, 3.63) is 42.1 Å². The zero-order valence-electron chi connectivity index (χ0n) is 15.3. The van der Waals surface area contributed by atoms with E-state index in [1.165, 1.54) is 0 Å². The number of benzene rings is 1. The third-order valence-electron chi connectivity index (χ3n) is 4.84. The molecule has 2 aromatic rings. The molecule has 25 heavy (non-hydrogen) atoms. The summed E-state index contributed by atoms with van der Waals surface area (Å²) in [6.07, 6.45) is 1.36. The van der Waals surface area contributed by atoms with Crippen LogP contribution in [0.1, 0.15) is 46.3 Å². The molecule has 3 rings (SSSR count). The van der Waals surface area contributed by atoms with Gasteiger partial charge in [0, 0.05) is 6.20 Å². The molecule has 7 heteroatoms. The summed E-state index contributed by atoms with van der Waals surface area (Å²) in [5.41, 5.74) is 6.63. The standard InChI is InChI=1S/C18H24BN3O3/c1-12(13-9-7-6-8-10-13)23-16-15(20)21-11-14(22-16)19-24-17(2,3)18(4,5)25-19/h6-12H,1-5H3,(H2,20,21)/t12-/m1/s1. The van der Waals surface area contributed by atoms with Crippen molar-refractivity contribution < 1.29 is 14.0 Å². The molecule has 132 valence electrons. The number of hydrogen-bond acceptors (Lipinski definition) is 6. The summed E-state index contributed by atoms with van der Waals surface area (Å²) in [6, 6.07) is 9.87. The molecule has 2 heterocycles. The lowest BCUT2D eigenvalue weighted by molar-refractivity contribution is 0.00578. The fraction of sp³-hybridized carbons (Fsp3) is 0.444. The summed E-state index contributed by atoms with van der Waals surface area (Å²) in [5, 5.41) is 0. The molecular formula is C18H24BN3O3. The lowest BCUT2D eigenvalue weighted by Gasteiger charge is -2.32. The van der Waals surface area contributed by atoms with Crippen LogP contribution in [0.2, 0.25) is 0 Å². The molecule has 1 aliphatic heterocycles. The molecule has 0 unspecified atom stereocenters. The van der Waals surface area contributed by atoms with Gasteiger partial charge in [-0.15, -0.1) is 0 Å². The molecule has 0 amide bonds. The minimum Gasteiger partial charge on any atom is -0.467 e. The average molecular weight is 341 g/mol. The molecule has 0 bridgehead atoms. The second-order valence-electron chi connectivity index (χ2n) is 7.24. The lowest BCUT2D eigenvalue weighted by atomic mass is 9.85. The summed E-state index contributed by atoms with van der Waals surface area (Å²) < 4.78 is 18.0. The first-order valence-corrected chi connectivity index (χ1v) is 8.39. The number of rotatable bonds is 4. The number of nitrogens with two attached hydrogens (primary N) is 1. The molecule has 2 N–H and O–H groups in total. The van der Waals surface area contributed by atoms with Crippen LogP contribution in [0, 0.1) is 0 Å². The minimum absolute atomic E-state index is 0.202. The quantitative estimate of drug-likeness (QED) is 0.861. The van der Waals surface area contributed by atoms with Crippen molar-refractivity contribution in [3.63, 3.8) is 0 Å². The molecule has 1 fully saturated rings. The van der Waals surface area contributed by atoms with E-state index in [2.05, 4.69) is 9.97 Å². The van der Waals surface area contributed by atoms with Crippen molar-refractivity contribution >= 4 is 18.5 Å². The van der Waals surface area contributed by atoms with E-state index in [-0.39, 0.29) is 17.8 Å². The number of nitrogens with zero attached hydrogens (tertiary/aromatic N) is 2. The van der Waals surface area contributed by atoms with Gasteiger partial charge in [-0.05, 0) is 40.2 Å². The second-order valence-corrected chi connectivity index (χ2v) is 7.24. The molecular weight excluding hydrogens is 317 g/mol. The van der Waals surface area contributed by atoms with Gasteiger partial charge in [-0.1, -0.05) is 30.3 Å². The highest BCUT2D eigenvalue weighted by Crippen LogP contribution is 2.36. The SMILES string of the molecule is C[C@@H](Oc1nc(B2OC(C)(C)C(C)(C)O2)cnc1N)c1ccccc1. The Bertz CT molecular complexity index is 736. The second kappa shape index (κ2) is 6.31. The molecule has 1 atom stereocenters. The smallest absolute Gasteiger partial charge is 0.467 e. The van der Waals surface area contributed by atoms with Gasteiger partial charge in [-0.2, -0.15) is 0 Å². The van der Waals surface area contributed by atoms with Crippen LogP contribution in [-0.2, 0) is 9.31 Å². The van der Waals surface area contributed by atoms with Crippen molar-refractivity contribution in [1.82, 2.24) is 9.97 Å². The zero-order valence-corrected chi connectivity index (χ0v) is 15.3. The maximum Gasteiger partial charge on any atom is 0.516 e. The van der Waals surface area contributed by atoms with Crippen LogP contribution >= 0.6 is 0 Å². The van der Waals surface area contributed by atoms with Crippen molar-refractivity contribution in [2.24, 2.45) is 0 Å². The van der Waals surface area contributed by atoms with E-state index in [1.54, 1.807) is 6.20 Å². The molecule has 0 aliphatic carbocycles. The third-order valence-corrected chi connectivity index (χ3v) is 4.84. The van der Waals surface area contributed by atoms with E-state index >= 15 is 0 Å². The van der Waals surface area contributed by atoms with E-state index in [1.807, 2.05) is 65.0 Å². The fourth-order valence-corrected chi connectivity index (χ4v) is 2.52. The van der Waals surface area contributed by atoms with Crippen molar-refractivity contribution in [2.75, 3.05) is 5.73 Å². The van der Waals surface area contributed by atoms with Gasteiger partial charge in [0.1, 0.15) is 6.10 Å². The molecule has 6 nitrogen and oxygen atoms in total. The van der Waals surface area contributed by atoms with Gasteiger partial charge in [0.15, 0.2) is 5.82 Å². The normalized spacial score (nSPS) is 19.6. The maximum atomic E-state index is 6.01. The first-order chi connectivity index (χ1) is 11.7. The Morgan fingerprint density at radius 2 is 1.68 bits per heavy atom. The Labute approximate surface area is 148 Å². The van der Waals surface area contributed by atoms with Crippen molar-refractivity contribution in [2.45, 2.75) is 51.9 Å². The van der Waals surface area contributed by atoms with Crippen molar-refractivity contribution in [3.8, 4) is 5.88 Å². The largest absolute Gasteiger partial charge is 0.516 e. The van der Waals surface area contributed by atoms with E-state index in [0.717, 1.165) is 5.56 Å². The molecule has 1 aliphatic rings. The number of anilines is 1.